The van der Waals surface area contributed by atoms with E-state index in [9.17, 15) is 5.11 Å². The van der Waals surface area contributed by atoms with Crippen molar-refractivity contribution in [3.05, 3.63) is 35.9 Å². The highest BCUT2D eigenvalue weighted by atomic mass is 16.7. The second-order valence-electron chi connectivity index (χ2n) is 6.34. The molecule has 0 heterocycles. The lowest BCUT2D eigenvalue weighted by atomic mass is 9.87. The van der Waals surface area contributed by atoms with Gasteiger partial charge in [-0.25, -0.2) is 0 Å². The first-order valence-electron chi connectivity index (χ1n) is 9.69. The maximum Gasteiger partial charge on any atom is 0.199 e. The van der Waals surface area contributed by atoms with Crippen LogP contribution in [0.15, 0.2) is 30.3 Å². The molecule has 1 rings (SSSR count). The van der Waals surface area contributed by atoms with Gasteiger partial charge in [-0.3, -0.25) is 0 Å². The van der Waals surface area contributed by atoms with Gasteiger partial charge in [0.1, 0.15) is 0 Å². The van der Waals surface area contributed by atoms with Crippen LogP contribution in [-0.2, 0) is 15.3 Å². The van der Waals surface area contributed by atoms with Gasteiger partial charge in [-0.15, -0.1) is 0 Å². The van der Waals surface area contributed by atoms with Crippen LogP contribution in [0.5, 0.6) is 0 Å². The molecule has 0 radical (unpaired) electrons. The zero-order valence-electron chi connectivity index (χ0n) is 15.8. The van der Waals surface area contributed by atoms with Gasteiger partial charge < -0.3 is 14.6 Å². The first-order chi connectivity index (χ1) is 11.7. The Morgan fingerprint density at radius 3 is 2.00 bits per heavy atom. The van der Waals surface area contributed by atoms with Gasteiger partial charge in [-0.05, 0) is 20.3 Å². The van der Waals surface area contributed by atoms with Gasteiger partial charge in [0.15, 0.2) is 5.79 Å². The molecule has 1 aromatic rings. The van der Waals surface area contributed by atoms with Crippen LogP contribution < -0.4 is 0 Å². The minimum Gasteiger partial charge on any atom is -0.396 e. The fourth-order valence-electron chi connectivity index (χ4n) is 3.35. The van der Waals surface area contributed by atoms with E-state index < -0.39 is 5.79 Å². The van der Waals surface area contributed by atoms with Crippen LogP contribution in [-0.4, -0.2) is 24.9 Å². The molecular formula is C21H36O3. The van der Waals surface area contributed by atoms with Crippen LogP contribution in [0.1, 0.15) is 71.3 Å². The number of ether oxygens (including phenoxy) is 2. The molecule has 1 atom stereocenters. The topological polar surface area (TPSA) is 38.7 Å². The summed E-state index contributed by atoms with van der Waals surface area (Å²) in [6.45, 7) is 7.39. The van der Waals surface area contributed by atoms with Gasteiger partial charge in [0.25, 0.3) is 0 Å². The summed E-state index contributed by atoms with van der Waals surface area (Å²) in [5.74, 6) is -0.894. The highest BCUT2D eigenvalue weighted by Gasteiger charge is 2.41. The third-order valence-electron chi connectivity index (χ3n) is 4.56. The molecule has 0 aliphatic rings. The molecule has 1 N–H and O–H groups in total. The number of unbranched alkanes of at least 4 members (excludes halogenated alkanes) is 5. The molecule has 0 aliphatic heterocycles. The zero-order chi connectivity index (χ0) is 17.7. The fourth-order valence-corrected chi connectivity index (χ4v) is 3.35. The summed E-state index contributed by atoms with van der Waals surface area (Å²) in [6, 6.07) is 10.1. The quantitative estimate of drug-likeness (QED) is 0.371. The summed E-state index contributed by atoms with van der Waals surface area (Å²) in [6.07, 6.45) is 8.38. The summed E-state index contributed by atoms with van der Waals surface area (Å²) in [4.78, 5) is 0. The first kappa shape index (κ1) is 21.1. The van der Waals surface area contributed by atoms with Crippen LogP contribution in [0.25, 0.3) is 0 Å². The molecule has 0 spiro atoms. The summed E-state index contributed by atoms with van der Waals surface area (Å²) < 4.78 is 12.2. The predicted octanol–water partition coefficient (Wildman–Crippen LogP) is 5.27. The Morgan fingerprint density at radius 1 is 0.875 bits per heavy atom. The zero-order valence-corrected chi connectivity index (χ0v) is 15.8. The van der Waals surface area contributed by atoms with Crippen LogP contribution in [0, 0.1) is 5.92 Å². The minimum absolute atomic E-state index is 0.0500. The highest BCUT2D eigenvalue weighted by molar-refractivity contribution is 5.21. The fraction of sp³-hybridized carbons (Fsp3) is 0.714. The minimum atomic E-state index is -0.844. The van der Waals surface area contributed by atoms with E-state index >= 15 is 0 Å². The van der Waals surface area contributed by atoms with Crippen molar-refractivity contribution in [3.63, 3.8) is 0 Å². The first-order valence-corrected chi connectivity index (χ1v) is 9.69. The van der Waals surface area contributed by atoms with Crippen LogP contribution in [0.2, 0.25) is 0 Å². The van der Waals surface area contributed by atoms with Crippen LogP contribution in [0.4, 0.5) is 0 Å². The van der Waals surface area contributed by atoms with Crippen molar-refractivity contribution >= 4 is 0 Å². The van der Waals surface area contributed by atoms with Gasteiger partial charge in [0, 0.05) is 24.7 Å². The van der Waals surface area contributed by atoms with Gasteiger partial charge >= 0.3 is 0 Å². The number of hydrogen-bond acceptors (Lipinski definition) is 3. The van der Waals surface area contributed by atoms with E-state index in [4.69, 9.17) is 9.47 Å². The summed E-state index contributed by atoms with van der Waals surface area (Å²) >= 11 is 0. The van der Waals surface area contributed by atoms with Crippen molar-refractivity contribution < 1.29 is 14.6 Å². The van der Waals surface area contributed by atoms with Crippen molar-refractivity contribution in [2.24, 2.45) is 5.92 Å². The molecule has 1 aromatic carbocycles. The molecule has 0 amide bonds. The number of aliphatic hydroxyl groups is 1. The number of hydrogen-bond donors (Lipinski definition) is 1. The molecule has 24 heavy (non-hydrogen) atoms. The van der Waals surface area contributed by atoms with E-state index in [2.05, 4.69) is 6.92 Å². The van der Waals surface area contributed by atoms with Crippen molar-refractivity contribution in [2.75, 3.05) is 19.8 Å². The molecule has 138 valence electrons. The molecule has 3 heteroatoms. The van der Waals surface area contributed by atoms with E-state index in [0.29, 0.717) is 13.2 Å². The highest BCUT2D eigenvalue weighted by Crippen LogP contribution is 2.38. The van der Waals surface area contributed by atoms with Crippen molar-refractivity contribution in [3.8, 4) is 0 Å². The molecule has 0 fully saturated rings. The molecule has 0 aliphatic carbocycles. The summed E-state index contributed by atoms with van der Waals surface area (Å²) in [5.41, 5.74) is 0.999. The molecule has 3 nitrogen and oxygen atoms in total. The Bertz CT molecular complexity index is 399. The second kappa shape index (κ2) is 12.5. The van der Waals surface area contributed by atoms with E-state index in [1.807, 2.05) is 44.2 Å². The Balaban J connectivity index is 2.81. The van der Waals surface area contributed by atoms with Crippen LogP contribution in [0.3, 0.4) is 0 Å². The molecular weight excluding hydrogens is 300 g/mol. The largest absolute Gasteiger partial charge is 0.396 e. The maximum atomic E-state index is 10.1. The lowest BCUT2D eigenvalue weighted by Gasteiger charge is -2.40. The van der Waals surface area contributed by atoms with Crippen molar-refractivity contribution in [2.45, 2.75) is 71.5 Å². The monoisotopic (exact) mass is 336 g/mol. The average molecular weight is 337 g/mol. The van der Waals surface area contributed by atoms with E-state index in [1.165, 1.54) is 32.1 Å². The Labute approximate surface area is 148 Å². The normalized spacial score (nSPS) is 13.2. The second-order valence-corrected chi connectivity index (χ2v) is 6.34. The molecule has 1 unspecified atom stereocenters. The van der Waals surface area contributed by atoms with Gasteiger partial charge in [-0.1, -0.05) is 75.8 Å². The third-order valence-corrected chi connectivity index (χ3v) is 4.56. The van der Waals surface area contributed by atoms with Gasteiger partial charge in [0.2, 0.25) is 0 Å². The number of aliphatic hydroxyl groups excluding tert-OH is 1. The van der Waals surface area contributed by atoms with E-state index in [0.717, 1.165) is 18.4 Å². The lowest BCUT2D eigenvalue weighted by Crippen LogP contribution is -2.43. The molecule has 0 saturated heterocycles. The standard InChI is InChI=1S/C21H36O3/c1-4-7-8-9-10-12-17-20(18-22)21(23-5-2,24-6-3)19-15-13-11-14-16-19/h11,13-16,20,22H,4-10,12,17-18H2,1-3H3. The Kier molecular flexibility index (Phi) is 11.0. The average Bonchev–Trinajstić information content (AvgIpc) is 2.62. The SMILES string of the molecule is CCCCCCCCC(CO)C(OCC)(OCC)c1ccccc1. The summed E-state index contributed by atoms with van der Waals surface area (Å²) in [5, 5.41) is 10.1. The van der Waals surface area contributed by atoms with Crippen LogP contribution >= 0.6 is 0 Å². The van der Waals surface area contributed by atoms with Crippen molar-refractivity contribution in [1.82, 2.24) is 0 Å². The van der Waals surface area contributed by atoms with E-state index in [-0.39, 0.29) is 12.5 Å². The van der Waals surface area contributed by atoms with Gasteiger partial charge in [-0.2, -0.15) is 0 Å². The maximum absolute atomic E-state index is 10.1. The Hall–Kier alpha value is -0.900. The lowest BCUT2D eigenvalue weighted by molar-refractivity contribution is -0.280. The summed E-state index contributed by atoms with van der Waals surface area (Å²) in [7, 11) is 0. The van der Waals surface area contributed by atoms with Crippen molar-refractivity contribution in [1.29, 1.82) is 0 Å². The molecule has 0 aromatic heterocycles. The third kappa shape index (κ3) is 6.19. The molecule has 0 saturated carbocycles. The number of rotatable bonds is 14. The predicted molar refractivity (Wildman–Crippen MR) is 99.9 cm³/mol. The smallest absolute Gasteiger partial charge is 0.199 e. The Morgan fingerprint density at radius 2 is 1.46 bits per heavy atom. The molecule has 0 bridgehead atoms. The number of benzene rings is 1. The van der Waals surface area contributed by atoms with E-state index in [1.54, 1.807) is 0 Å². The van der Waals surface area contributed by atoms with Gasteiger partial charge in [0.05, 0.1) is 6.61 Å².